The molecule has 0 heterocycles. The summed E-state index contributed by atoms with van der Waals surface area (Å²) in [6, 6.07) is 10.4. The molecule has 21 heavy (non-hydrogen) atoms. The fourth-order valence-electron chi connectivity index (χ4n) is 1.95. The predicted octanol–water partition coefficient (Wildman–Crippen LogP) is 3.88. The molecular formula is C16H17ClN2O2. The predicted molar refractivity (Wildman–Crippen MR) is 86.2 cm³/mol. The van der Waals surface area contributed by atoms with E-state index in [2.05, 4.69) is 5.32 Å². The number of nitrogens with two attached hydrogens (primary N) is 1. The van der Waals surface area contributed by atoms with Crippen LogP contribution in [0.4, 0.5) is 11.4 Å². The van der Waals surface area contributed by atoms with Crippen molar-refractivity contribution in [1.29, 1.82) is 0 Å². The maximum Gasteiger partial charge on any atom is 0.257 e. The van der Waals surface area contributed by atoms with E-state index < -0.39 is 0 Å². The molecule has 3 N–H and O–H groups in total. The largest absolute Gasteiger partial charge is 0.492 e. The lowest BCUT2D eigenvalue weighted by atomic mass is 10.1. The lowest BCUT2D eigenvalue weighted by Crippen LogP contribution is -2.15. The Labute approximate surface area is 128 Å². The molecule has 0 fully saturated rings. The van der Waals surface area contributed by atoms with Crippen LogP contribution in [0.3, 0.4) is 0 Å². The Hall–Kier alpha value is -2.20. The van der Waals surface area contributed by atoms with E-state index in [0.29, 0.717) is 34.3 Å². The Bertz CT molecular complexity index is 671. The normalized spacial score (nSPS) is 10.2. The SMILES string of the molecule is CCOc1ccc(Cl)cc1NC(=O)c1cccc(C)c1N. The lowest BCUT2D eigenvalue weighted by molar-refractivity contribution is 0.102. The first kappa shape index (κ1) is 15.2. The van der Waals surface area contributed by atoms with E-state index in [-0.39, 0.29) is 5.91 Å². The van der Waals surface area contributed by atoms with Gasteiger partial charge in [-0.15, -0.1) is 0 Å². The van der Waals surface area contributed by atoms with Gasteiger partial charge in [-0.05, 0) is 43.7 Å². The molecule has 2 aromatic carbocycles. The molecule has 2 rings (SSSR count). The summed E-state index contributed by atoms with van der Waals surface area (Å²) in [5.41, 5.74) is 8.22. The molecular weight excluding hydrogens is 288 g/mol. The van der Waals surface area contributed by atoms with Gasteiger partial charge in [0.2, 0.25) is 0 Å². The second-order valence-corrected chi connectivity index (χ2v) is 5.00. The van der Waals surface area contributed by atoms with Gasteiger partial charge in [0.15, 0.2) is 0 Å². The van der Waals surface area contributed by atoms with E-state index in [0.717, 1.165) is 5.56 Å². The number of hydrogen-bond acceptors (Lipinski definition) is 3. The molecule has 4 nitrogen and oxygen atoms in total. The van der Waals surface area contributed by atoms with Gasteiger partial charge >= 0.3 is 0 Å². The third-order valence-corrected chi connectivity index (χ3v) is 3.29. The van der Waals surface area contributed by atoms with Gasteiger partial charge in [-0.25, -0.2) is 0 Å². The molecule has 0 aliphatic heterocycles. The summed E-state index contributed by atoms with van der Waals surface area (Å²) < 4.78 is 5.48. The van der Waals surface area contributed by atoms with Crippen molar-refractivity contribution < 1.29 is 9.53 Å². The molecule has 2 aromatic rings. The van der Waals surface area contributed by atoms with Crippen LogP contribution >= 0.6 is 11.6 Å². The molecule has 0 spiro atoms. The number of carbonyl (C=O) groups excluding carboxylic acids is 1. The van der Waals surface area contributed by atoms with Crippen LogP contribution in [0.2, 0.25) is 5.02 Å². The minimum Gasteiger partial charge on any atom is -0.492 e. The van der Waals surface area contributed by atoms with Gasteiger partial charge in [0, 0.05) is 10.7 Å². The number of benzene rings is 2. The number of halogens is 1. The van der Waals surface area contributed by atoms with Crippen LogP contribution in [-0.2, 0) is 0 Å². The Morgan fingerprint density at radius 3 is 2.81 bits per heavy atom. The summed E-state index contributed by atoms with van der Waals surface area (Å²) in [7, 11) is 0. The monoisotopic (exact) mass is 304 g/mol. The number of para-hydroxylation sites is 1. The molecule has 0 bridgehead atoms. The van der Waals surface area contributed by atoms with E-state index in [9.17, 15) is 4.79 Å². The van der Waals surface area contributed by atoms with Gasteiger partial charge in [-0.2, -0.15) is 0 Å². The molecule has 0 aliphatic rings. The topological polar surface area (TPSA) is 64.3 Å². The summed E-state index contributed by atoms with van der Waals surface area (Å²) in [5, 5.41) is 3.31. The number of hydrogen-bond donors (Lipinski definition) is 2. The van der Waals surface area contributed by atoms with E-state index in [1.807, 2.05) is 19.9 Å². The number of carbonyl (C=O) groups is 1. The number of nitrogens with one attached hydrogen (secondary N) is 1. The molecule has 0 radical (unpaired) electrons. The zero-order valence-electron chi connectivity index (χ0n) is 11.9. The number of anilines is 2. The van der Waals surface area contributed by atoms with Crippen molar-refractivity contribution in [2.75, 3.05) is 17.7 Å². The lowest BCUT2D eigenvalue weighted by Gasteiger charge is -2.13. The van der Waals surface area contributed by atoms with Crippen LogP contribution in [0.1, 0.15) is 22.8 Å². The molecule has 1 amide bonds. The maximum absolute atomic E-state index is 12.4. The van der Waals surface area contributed by atoms with Crippen molar-refractivity contribution in [3.63, 3.8) is 0 Å². The number of nitrogen functional groups attached to an aromatic ring is 1. The first-order chi connectivity index (χ1) is 10.0. The highest BCUT2D eigenvalue weighted by Gasteiger charge is 2.14. The summed E-state index contributed by atoms with van der Waals surface area (Å²) in [4.78, 5) is 12.4. The zero-order valence-corrected chi connectivity index (χ0v) is 12.7. The van der Waals surface area contributed by atoms with E-state index in [1.165, 1.54) is 0 Å². The summed E-state index contributed by atoms with van der Waals surface area (Å²) in [6.07, 6.45) is 0. The average Bonchev–Trinajstić information content (AvgIpc) is 2.45. The highest BCUT2D eigenvalue weighted by atomic mass is 35.5. The van der Waals surface area contributed by atoms with Crippen LogP contribution in [0.25, 0.3) is 0 Å². The van der Waals surface area contributed by atoms with E-state index in [4.69, 9.17) is 22.1 Å². The summed E-state index contributed by atoms with van der Waals surface area (Å²) in [6.45, 7) is 4.23. The highest BCUT2D eigenvalue weighted by molar-refractivity contribution is 6.31. The van der Waals surface area contributed by atoms with E-state index >= 15 is 0 Å². The Balaban J connectivity index is 2.31. The fourth-order valence-corrected chi connectivity index (χ4v) is 2.12. The second-order valence-electron chi connectivity index (χ2n) is 4.56. The quantitative estimate of drug-likeness (QED) is 0.842. The molecule has 0 atom stereocenters. The first-order valence-corrected chi connectivity index (χ1v) is 6.99. The molecule has 0 saturated heterocycles. The third kappa shape index (κ3) is 3.47. The molecule has 0 saturated carbocycles. The standard InChI is InChI=1S/C16H17ClN2O2/c1-3-21-14-8-7-11(17)9-13(14)19-16(20)12-6-4-5-10(2)15(12)18/h4-9H,3,18H2,1-2H3,(H,19,20). The van der Waals surface area contributed by atoms with E-state index in [1.54, 1.807) is 30.3 Å². The van der Waals surface area contributed by atoms with Crippen LogP contribution in [0.15, 0.2) is 36.4 Å². The Morgan fingerprint density at radius 2 is 2.10 bits per heavy atom. The Morgan fingerprint density at radius 1 is 1.33 bits per heavy atom. The van der Waals surface area contributed by atoms with Crippen molar-refractivity contribution >= 4 is 28.9 Å². The van der Waals surface area contributed by atoms with Crippen molar-refractivity contribution in [1.82, 2.24) is 0 Å². The first-order valence-electron chi connectivity index (χ1n) is 6.61. The van der Waals surface area contributed by atoms with Gasteiger partial charge in [0.1, 0.15) is 5.75 Å². The van der Waals surface area contributed by atoms with Gasteiger partial charge in [-0.1, -0.05) is 23.7 Å². The molecule has 0 aliphatic carbocycles. The molecule has 0 unspecified atom stereocenters. The number of amides is 1. The van der Waals surface area contributed by atoms with Gasteiger partial charge in [0.05, 0.1) is 17.9 Å². The molecule has 0 aromatic heterocycles. The van der Waals surface area contributed by atoms with Crippen LogP contribution < -0.4 is 15.8 Å². The smallest absolute Gasteiger partial charge is 0.257 e. The fraction of sp³-hybridized carbons (Fsp3) is 0.188. The van der Waals surface area contributed by atoms with Crippen molar-refractivity contribution in [3.8, 4) is 5.75 Å². The van der Waals surface area contributed by atoms with Gasteiger partial charge in [-0.3, -0.25) is 4.79 Å². The van der Waals surface area contributed by atoms with Crippen molar-refractivity contribution in [3.05, 3.63) is 52.5 Å². The van der Waals surface area contributed by atoms with Crippen LogP contribution in [0.5, 0.6) is 5.75 Å². The minimum atomic E-state index is -0.292. The number of aryl methyl sites for hydroxylation is 1. The van der Waals surface area contributed by atoms with Gasteiger partial charge < -0.3 is 15.8 Å². The highest BCUT2D eigenvalue weighted by Crippen LogP contribution is 2.29. The Kier molecular flexibility index (Phi) is 4.70. The van der Waals surface area contributed by atoms with Crippen LogP contribution in [0, 0.1) is 6.92 Å². The number of rotatable bonds is 4. The third-order valence-electron chi connectivity index (χ3n) is 3.06. The van der Waals surface area contributed by atoms with Crippen molar-refractivity contribution in [2.24, 2.45) is 0 Å². The second kappa shape index (κ2) is 6.50. The summed E-state index contributed by atoms with van der Waals surface area (Å²) in [5.74, 6) is 0.279. The zero-order chi connectivity index (χ0) is 15.4. The van der Waals surface area contributed by atoms with Gasteiger partial charge in [0.25, 0.3) is 5.91 Å². The maximum atomic E-state index is 12.4. The number of ether oxygens (including phenoxy) is 1. The minimum absolute atomic E-state index is 0.292. The molecule has 110 valence electrons. The van der Waals surface area contributed by atoms with Crippen molar-refractivity contribution in [2.45, 2.75) is 13.8 Å². The molecule has 5 heteroatoms. The van der Waals surface area contributed by atoms with Crippen LogP contribution in [-0.4, -0.2) is 12.5 Å². The average molecular weight is 305 g/mol. The summed E-state index contributed by atoms with van der Waals surface area (Å²) >= 11 is 5.97.